The maximum atomic E-state index is 11.4. The van der Waals surface area contributed by atoms with Gasteiger partial charge in [0, 0.05) is 6.92 Å². The molecule has 0 aliphatic heterocycles. The fourth-order valence-corrected chi connectivity index (χ4v) is 2.27. The van der Waals surface area contributed by atoms with Crippen LogP contribution in [0.2, 0.25) is 0 Å². The van der Waals surface area contributed by atoms with Gasteiger partial charge in [0.2, 0.25) is 0 Å². The second kappa shape index (κ2) is 24.1. The number of hydrogen-bond donors (Lipinski definition) is 0. The van der Waals surface area contributed by atoms with Crippen molar-refractivity contribution < 1.29 is 80.3 Å². The third-order valence-corrected chi connectivity index (χ3v) is 3.41. The number of nitrogens with zero attached hydrogens (tertiary/aromatic N) is 2. The van der Waals surface area contributed by atoms with Crippen LogP contribution in [0.3, 0.4) is 0 Å². The quantitative estimate of drug-likeness (QED) is 0.285. The molecule has 0 spiro atoms. The van der Waals surface area contributed by atoms with E-state index >= 15 is 0 Å². The standard InChI is InChI=1S/C11H11NO2.C11H14O3.C4H9O.C2H3N.K/c1-2-14-11-6-4-3-5-9(11)10(13)7-8-12;1-3-13-10-8-6-5-7-9(10)11(12)14-4-2;1-4(2,3)5;1-2-3;/h3-6H,2,7H2,1H3;5-8H,3-4H2,1-2H3;1-3H3;1H3;/q;;-1;;+1. The van der Waals surface area contributed by atoms with Crippen LogP contribution in [0.25, 0.3) is 0 Å². The summed E-state index contributed by atoms with van der Waals surface area (Å²) in [5.41, 5.74) is 0.215. The van der Waals surface area contributed by atoms with Gasteiger partial charge in [-0.25, -0.2) is 4.79 Å². The molecular formula is C28H37KN2O6. The molecule has 2 aromatic carbocycles. The van der Waals surface area contributed by atoms with E-state index in [1.54, 1.807) is 76.2 Å². The molecule has 0 fully saturated rings. The van der Waals surface area contributed by atoms with Gasteiger partial charge in [0.05, 0.1) is 43.9 Å². The summed E-state index contributed by atoms with van der Waals surface area (Å²) in [7, 11) is 0. The van der Waals surface area contributed by atoms with Gasteiger partial charge < -0.3 is 19.3 Å². The predicted molar refractivity (Wildman–Crippen MR) is 137 cm³/mol. The first-order chi connectivity index (χ1) is 17.0. The van der Waals surface area contributed by atoms with Crippen molar-refractivity contribution in [2.45, 2.75) is 60.5 Å². The Labute approximate surface area is 264 Å². The van der Waals surface area contributed by atoms with Crippen LogP contribution in [-0.4, -0.2) is 37.2 Å². The second-order valence-corrected chi connectivity index (χ2v) is 7.67. The van der Waals surface area contributed by atoms with Crippen molar-refractivity contribution in [2.24, 2.45) is 0 Å². The average molecular weight is 537 g/mol. The Balaban J connectivity index is -0.000000476. The van der Waals surface area contributed by atoms with E-state index in [4.69, 9.17) is 24.7 Å². The fourth-order valence-electron chi connectivity index (χ4n) is 2.27. The molecular weight excluding hydrogens is 499 g/mol. The van der Waals surface area contributed by atoms with Gasteiger partial charge in [-0.2, -0.15) is 10.5 Å². The van der Waals surface area contributed by atoms with Crippen LogP contribution in [0.15, 0.2) is 48.5 Å². The molecule has 0 aromatic heterocycles. The maximum absolute atomic E-state index is 11.4. The number of para-hydroxylation sites is 2. The molecule has 196 valence electrons. The molecule has 0 N–H and O–H groups in total. The summed E-state index contributed by atoms with van der Waals surface area (Å²) in [5.74, 6) is 0.594. The average Bonchev–Trinajstić information content (AvgIpc) is 2.80. The van der Waals surface area contributed by atoms with E-state index in [9.17, 15) is 14.7 Å². The summed E-state index contributed by atoms with van der Waals surface area (Å²) in [4.78, 5) is 22.9. The smallest absolute Gasteiger partial charge is 0.850 e. The third-order valence-electron chi connectivity index (χ3n) is 3.41. The number of rotatable bonds is 8. The van der Waals surface area contributed by atoms with Crippen molar-refractivity contribution in [2.75, 3.05) is 19.8 Å². The molecule has 0 amide bonds. The van der Waals surface area contributed by atoms with Gasteiger partial charge in [-0.15, -0.1) is 5.60 Å². The SMILES string of the molecule is CC#N.CC(C)(C)[O-].CCOC(=O)c1ccccc1OCC.CCOc1ccccc1C(=O)CC#N.[K+]. The number of carbonyl (C=O) groups excluding carboxylic acids is 2. The number of hydrogen-bond acceptors (Lipinski definition) is 8. The molecule has 0 aliphatic rings. The molecule has 2 rings (SSSR count). The Morgan fingerprint density at radius 2 is 1.22 bits per heavy atom. The van der Waals surface area contributed by atoms with Gasteiger partial charge in [0.1, 0.15) is 17.1 Å². The Hall–Kier alpha value is -2.24. The van der Waals surface area contributed by atoms with E-state index < -0.39 is 5.60 Å². The number of ketones is 1. The summed E-state index contributed by atoms with van der Waals surface area (Å²) >= 11 is 0. The summed E-state index contributed by atoms with van der Waals surface area (Å²) in [6.45, 7) is 13.3. The molecule has 0 saturated heterocycles. The molecule has 0 aliphatic carbocycles. The van der Waals surface area contributed by atoms with Gasteiger partial charge in [-0.05, 0) is 45.0 Å². The van der Waals surface area contributed by atoms with E-state index in [1.165, 1.54) is 6.92 Å². The van der Waals surface area contributed by atoms with Crippen LogP contribution in [0.1, 0.15) is 75.6 Å². The van der Waals surface area contributed by atoms with E-state index in [0.717, 1.165) is 0 Å². The van der Waals surface area contributed by atoms with E-state index in [1.807, 2.05) is 26.0 Å². The third kappa shape index (κ3) is 21.5. The second-order valence-electron chi connectivity index (χ2n) is 7.67. The Kier molecular flexibility index (Phi) is 25.6. The largest absolute Gasteiger partial charge is 1.00 e. The zero-order valence-electron chi connectivity index (χ0n) is 23.3. The fraction of sp³-hybridized carbons (Fsp3) is 0.429. The number of ether oxygens (including phenoxy) is 3. The minimum atomic E-state index is -0.750. The van der Waals surface area contributed by atoms with Crippen molar-refractivity contribution in [3.8, 4) is 23.6 Å². The molecule has 8 nitrogen and oxygen atoms in total. The first-order valence-corrected chi connectivity index (χ1v) is 11.5. The Bertz CT molecular complexity index is 985. The number of benzene rings is 2. The number of nitriles is 2. The molecule has 0 heterocycles. The van der Waals surface area contributed by atoms with Crippen molar-refractivity contribution in [1.82, 2.24) is 0 Å². The van der Waals surface area contributed by atoms with Crippen molar-refractivity contribution >= 4 is 11.8 Å². The van der Waals surface area contributed by atoms with Crippen LogP contribution >= 0.6 is 0 Å². The van der Waals surface area contributed by atoms with E-state index in [2.05, 4.69) is 0 Å². The van der Waals surface area contributed by atoms with Gasteiger partial charge in [-0.3, -0.25) is 4.79 Å². The monoisotopic (exact) mass is 536 g/mol. The molecule has 2 aromatic rings. The van der Waals surface area contributed by atoms with Gasteiger partial charge in [0.15, 0.2) is 5.78 Å². The van der Waals surface area contributed by atoms with Crippen LogP contribution in [0.5, 0.6) is 11.5 Å². The van der Waals surface area contributed by atoms with Crippen LogP contribution in [0, 0.1) is 22.7 Å². The zero-order valence-corrected chi connectivity index (χ0v) is 26.4. The topological polar surface area (TPSA) is 132 Å². The van der Waals surface area contributed by atoms with Crippen LogP contribution in [0.4, 0.5) is 0 Å². The minimum Gasteiger partial charge on any atom is -0.850 e. The number of carbonyl (C=O) groups is 2. The molecule has 9 heteroatoms. The summed E-state index contributed by atoms with van der Waals surface area (Å²) in [6, 6.07) is 17.6. The van der Waals surface area contributed by atoms with Crippen molar-refractivity contribution in [1.29, 1.82) is 10.5 Å². The molecule has 37 heavy (non-hydrogen) atoms. The predicted octanol–water partition coefficient (Wildman–Crippen LogP) is 2.12. The molecule has 0 atom stereocenters. The van der Waals surface area contributed by atoms with Gasteiger partial charge in [-0.1, -0.05) is 45.0 Å². The number of esters is 1. The number of Topliss-reactive ketones (excluding diaryl/α,β-unsaturated/α-hetero) is 1. The van der Waals surface area contributed by atoms with Crippen LogP contribution < -0.4 is 66.0 Å². The molecule has 0 bridgehead atoms. The van der Waals surface area contributed by atoms with Crippen molar-refractivity contribution in [3.05, 3.63) is 59.7 Å². The first-order valence-electron chi connectivity index (χ1n) is 11.5. The van der Waals surface area contributed by atoms with Gasteiger partial charge >= 0.3 is 57.4 Å². The van der Waals surface area contributed by atoms with Crippen molar-refractivity contribution in [3.63, 3.8) is 0 Å². The Morgan fingerprint density at radius 1 is 0.838 bits per heavy atom. The minimum absolute atomic E-state index is 0. The maximum Gasteiger partial charge on any atom is 1.00 e. The molecule has 0 radical (unpaired) electrons. The molecule has 0 unspecified atom stereocenters. The normalized spacial score (nSPS) is 8.92. The summed E-state index contributed by atoms with van der Waals surface area (Å²) in [5, 5.41) is 25.8. The Morgan fingerprint density at radius 3 is 1.59 bits per heavy atom. The molecule has 0 saturated carbocycles. The van der Waals surface area contributed by atoms with Crippen LogP contribution in [-0.2, 0) is 4.74 Å². The van der Waals surface area contributed by atoms with E-state index in [-0.39, 0.29) is 69.6 Å². The van der Waals surface area contributed by atoms with Gasteiger partial charge in [0.25, 0.3) is 0 Å². The first kappa shape index (κ1) is 39.3. The summed E-state index contributed by atoms with van der Waals surface area (Å²) < 4.78 is 15.5. The van der Waals surface area contributed by atoms with E-state index in [0.29, 0.717) is 42.4 Å². The zero-order chi connectivity index (χ0) is 28.0. The summed E-state index contributed by atoms with van der Waals surface area (Å²) in [6.07, 6.45) is -0.107.